The fourth-order valence-corrected chi connectivity index (χ4v) is 12.5. The van der Waals surface area contributed by atoms with Crippen LogP contribution in [0.5, 0.6) is 0 Å². The van der Waals surface area contributed by atoms with E-state index < -0.39 is 17.1 Å². The third-order valence-electron chi connectivity index (χ3n) is 15.2. The number of hydrogen-bond donors (Lipinski definition) is 2. The van der Waals surface area contributed by atoms with Gasteiger partial charge in [-0.1, -0.05) is 83.2 Å². The van der Waals surface area contributed by atoms with Gasteiger partial charge in [-0.25, -0.2) is 4.79 Å². The van der Waals surface area contributed by atoms with E-state index in [4.69, 9.17) is 9.47 Å². The zero-order chi connectivity index (χ0) is 35.6. The molecule has 5 aliphatic rings. The minimum Gasteiger partial charge on any atom is -0.462 e. The summed E-state index contributed by atoms with van der Waals surface area (Å²) in [6, 6.07) is 10.7. The minimum absolute atomic E-state index is 0.143. The topological polar surface area (TPSA) is 93.1 Å². The Bertz CT molecular complexity index is 1340. The highest BCUT2D eigenvalue weighted by molar-refractivity contribution is 5.85. The Kier molecular flexibility index (Phi) is 11.6. The average molecular weight is 691 g/mol. The zero-order valence-electron chi connectivity index (χ0n) is 31.6. The highest BCUT2D eigenvalue weighted by Crippen LogP contribution is 2.70. The van der Waals surface area contributed by atoms with Crippen molar-refractivity contribution in [2.45, 2.75) is 167 Å². The van der Waals surface area contributed by atoms with Crippen molar-refractivity contribution >= 4 is 11.9 Å². The van der Waals surface area contributed by atoms with Crippen LogP contribution in [0.4, 0.5) is 0 Å². The summed E-state index contributed by atoms with van der Waals surface area (Å²) in [4.78, 5) is 24.8. The molecule has 278 valence electrons. The monoisotopic (exact) mass is 690 g/mol. The molecule has 1 spiro atoms. The summed E-state index contributed by atoms with van der Waals surface area (Å²) in [5.74, 6) is 0.102. The molecule has 0 amide bonds. The molecule has 0 saturated heterocycles. The summed E-state index contributed by atoms with van der Waals surface area (Å²) in [5, 5.41) is 25.9. The van der Waals surface area contributed by atoms with Crippen LogP contribution < -0.4 is 0 Å². The lowest BCUT2D eigenvalue weighted by molar-refractivity contribution is -0.301. The molecule has 8 atom stereocenters. The van der Waals surface area contributed by atoms with E-state index in [1.54, 1.807) is 6.08 Å². The Morgan fingerprint density at radius 3 is 2.34 bits per heavy atom. The Morgan fingerprint density at radius 1 is 0.980 bits per heavy atom. The molecule has 2 N–H and O–H groups in total. The molecule has 0 aromatic heterocycles. The lowest BCUT2D eigenvalue weighted by Crippen LogP contribution is -2.73. The number of rotatable bonds is 13. The maximum absolute atomic E-state index is 13.4. The van der Waals surface area contributed by atoms with Gasteiger partial charge in [-0.2, -0.15) is 0 Å². The number of aliphatic hydroxyl groups is 2. The second-order valence-corrected chi connectivity index (χ2v) is 18.1. The standard InChI is InChI=1S/C44H66O6/c1-31(12-10-16-34-14-6-5-7-15-34)13-11-23-43-38(46)20-24-41(4,36-18-25-42(26-19-36)21-8-9-22-42)40(43)37(50-33(3)45)28-32(2)44(43,48)27-17-35-29-39(47)49-30-35/h5-7,14-15,29,31-32,36-38,40,46,48H,8-13,16-28,30H2,1-4H3/t31-,32+,37-,38+,40-,41+,43+,44-/m1/s1. The normalized spacial score (nSPS) is 36.1. The van der Waals surface area contributed by atoms with Crippen molar-refractivity contribution < 1.29 is 29.3 Å². The Labute approximate surface area is 302 Å². The summed E-state index contributed by atoms with van der Waals surface area (Å²) < 4.78 is 11.6. The first-order chi connectivity index (χ1) is 23.9. The number of aliphatic hydroxyl groups excluding tert-OH is 1. The predicted octanol–water partition coefficient (Wildman–Crippen LogP) is 9.30. The largest absolute Gasteiger partial charge is 0.462 e. The second-order valence-electron chi connectivity index (χ2n) is 18.1. The van der Waals surface area contributed by atoms with Crippen molar-refractivity contribution in [3.8, 4) is 0 Å². The number of cyclic esters (lactones) is 1. The molecule has 50 heavy (non-hydrogen) atoms. The molecule has 1 aromatic carbocycles. The van der Waals surface area contributed by atoms with Crippen LogP contribution in [0.2, 0.25) is 0 Å². The Hall–Kier alpha value is -2.18. The van der Waals surface area contributed by atoms with E-state index in [1.165, 1.54) is 63.9 Å². The first kappa shape index (κ1) is 37.6. The average Bonchev–Trinajstić information content (AvgIpc) is 3.73. The predicted molar refractivity (Wildman–Crippen MR) is 197 cm³/mol. The van der Waals surface area contributed by atoms with Gasteiger partial charge in [-0.3, -0.25) is 4.79 Å². The van der Waals surface area contributed by atoms with Gasteiger partial charge in [-0.05, 0) is 130 Å². The first-order valence-corrected chi connectivity index (χ1v) is 20.4. The van der Waals surface area contributed by atoms with Gasteiger partial charge < -0.3 is 19.7 Å². The highest BCUT2D eigenvalue weighted by Gasteiger charge is 2.71. The smallest absolute Gasteiger partial charge is 0.331 e. The molecule has 4 saturated carbocycles. The van der Waals surface area contributed by atoms with E-state index in [9.17, 15) is 19.8 Å². The van der Waals surface area contributed by atoms with Crippen LogP contribution in [0.3, 0.4) is 0 Å². The van der Waals surface area contributed by atoms with E-state index in [-0.39, 0.29) is 41.9 Å². The van der Waals surface area contributed by atoms with Gasteiger partial charge in [0.15, 0.2) is 0 Å². The molecule has 1 aliphatic heterocycles. The SMILES string of the molecule is CC(=O)O[C@@H]1C[C@H](C)[C@](O)(CCC2=CC(=O)OC2)[C@@]2(CCC[C@H](C)CCCc3ccccc3)[C@@H](O)CC[C@@](C)(C3CCC4(CCCC4)CC3)[C@@H]12. The molecule has 1 heterocycles. The summed E-state index contributed by atoms with van der Waals surface area (Å²) in [6.07, 6.45) is 20.1. The fraction of sp³-hybridized carbons (Fsp3) is 0.773. The fourth-order valence-electron chi connectivity index (χ4n) is 12.5. The van der Waals surface area contributed by atoms with Crippen LogP contribution in [-0.2, 0) is 25.5 Å². The third-order valence-corrected chi connectivity index (χ3v) is 15.2. The molecule has 4 aliphatic carbocycles. The van der Waals surface area contributed by atoms with Gasteiger partial charge in [0.05, 0.1) is 11.7 Å². The number of ether oxygens (including phenoxy) is 2. The molecule has 0 bridgehead atoms. The number of aryl methyl sites for hydroxylation is 1. The lowest BCUT2D eigenvalue weighted by Gasteiger charge is -2.69. The van der Waals surface area contributed by atoms with Crippen LogP contribution in [0.1, 0.15) is 149 Å². The third kappa shape index (κ3) is 7.36. The summed E-state index contributed by atoms with van der Waals surface area (Å²) >= 11 is 0. The second kappa shape index (κ2) is 15.4. The van der Waals surface area contributed by atoms with Gasteiger partial charge >= 0.3 is 11.9 Å². The van der Waals surface area contributed by atoms with E-state index >= 15 is 0 Å². The van der Waals surface area contributed by atoms with Crippen LogP contribution in [0.15, 0.2) is 42.0 Å². The number of benzene rings is 1. The van der Waals surface area contributed by atoms with E-state index in [0.717, 1.165) is 44.1 Å². The first-order valence-electron chi connectivity index (χ1n) is 20.4. The number of carbonyl (C=O) groups is 2. The van der Waals surface area contributed by atoms with E-state index in [0.29, 0.717) is 49.4 Å². The number of fused-ring (bicyclic) bond motifs is 1. The summed E-state index contributed by atoms with van der Waals surface area (Å²) in [6.45, 7) is 8.70. The number of hydrogen-bond acceptors (Lipinski definition) is 6. The molecular formula is C44H66O6. The molecule has 6 nitrogen and oxygen atoms in total. The maximum atomic E-state index is 13.4. The van der Waals surface area contributed by atoms with Crippen LogP contribution in [-0.4, -0.2) is 46.6 Å². The highest BCUT2D eigenvalue weighted by atomic mass is 16.5. The molecule has 6 heteroatoms. The zero-order valence-corrected chi connectivity index (χ0v) is 31.6. The van der Waals surface area contributed by atoms with E-state index in [1.807, 2.05) is 0 Å². The van der Waals surface area contributed by atoms with Crippen molar-refractivity contribution in [1.82, 2.24) is 0 Å². The van der Waals surface area contributed by atoms with Gasteiger partial charge in [0.25, 0.3) is 0 Å². The molecule has 4 fully saturated rings. The van der Waals surface area contributed by atoms with Crippen molar-refractivity contribution in [3.63, 3.8) is 0 Å². The number of carbonyl (C=O) groups excluding carboxylic acids is 2. The molecule has 1 aromatic rings. The van der Waals surface area contributed by atoms with Crippen molar-refractivity contribution in [1.29, 1.82) is 0 Å². The van der Waals surface area contributed by atoms with Gasteiger partial charge in [0.2, 0.25) is 0 Å². The molecular weight excluding hydrogens is 624 g/mol. The number of esters is 2. The molecule has 0 radical (unpaired) electrons. The van der Waals surface area contributed by atoms with Crippen LogP contribution in [0, 0.1) is 39.9 Å². The van der Waals surface area contributed by atoms with Gasteiger partial charge in [0.1, 0.15) is 12.7 Å². The Morgan fingerprint density at radius 2 is 1.68 bits per heavy atom. The summed E-state index contributed by atoms with van der Waals surface area (Å²) in [7, 11) is 0. The maximum Gasteiger partial charge on any atom is 0.331 e. The van der Waals surface area contributed by atoms with Crippen molar-refractivity contribution in [2.75, 3.05) is 6.61 Å². The quantitative estimate of drug-likeness (QED) is 0.201. The minimum atomic E-state index is -1.18. The van der Waals surface area contributed by atoms with Gasteiger partial charge in [0, 0.05) is 24.3 Å². The van der Waals surface area contributed by atoms with E-state index in [2.05, 4.69) is 51.1 Å². The molecule has 0 unspecified atom stereocenters. The van der Waals surface area contributed by atoms with Crippen molar-refractivity contribution in [3.05, 3.63) is 47.5 Å². The van der Waals surface area contributed by atoms with Crippen molar-refractivity contribution in [2.24, 2.45) is 39.9 Å². The van der Waals surface area contributed by atoms with Crippen LogP contribution in [0.25, 0.3) is 0 Å². The van der Waals surface area contributed by atoms with Gasteiger partial charge in [-0.15, -0.1) is 0 Å². The Balaban J connectivity index is 1.30. The lowest BCUT2D eigenvalue weighted by atomic mass is 9.38. The summed E-state index contributed by atoms with van der Waals surface area (Å²) in [5.41, 5.74) is 0.642. The molecule has 6 rings (SSSR count). The van der Waals surface area contributed by atoms with Crippen LogP contribution >= 0.6 is 0 Å².